The molecule has 5 N–H and O–H groups in total. The molecule has 2 aromatic carbocycles. The van der Waals surface area contributed by atoms with Crippen LogP contribution in [0, 0.1) is 0 Å². The molecule has 0 aliphatic carbocycles. The molecule has 0 radical (unpaired) electrons. The maximum Gasteiger partial charge on any atom is 0.325 e. The van der Waals surface area contributed by atoms with Gasteiger partial charge in [-0.2, -0.15) is 0 Å². The zero-order valence-corrected chi connectivity index (χ0v) is 33.2. The first-order valence-electron chi connectivity index (χ1n) is 18.4. The predicted molar refractivity (Wildman–Crippen MR) is 211 cm³/mol. The molecule has 55 heavy (non-hydrogen) atoms. The minimum absolute atomic E-state index is 0.0497. The van der Waals surface area contributed by atoms with Gasteiger partial charge in [-0.25, -0.2) is 0 Å². The van der Waals surface area contributed by atoms with Gasteiger partial charge >= 0.3 is 11.9 Å². The van der Waals surface area contributed by atoms with Gasteiger partial charge in [-0.15, -0.1) is 11.8 Å². The van der Waals surface area contributed by atoms with Gasteiger partial charge in [0.15, 0.2) is 5.25 Å². The summed E-state index contributed by atoms with van der Waals surface area (Å²) >= 11 is 6.97. The van der Waals surface area contributed by atoms with Crippen LogP contribution < -0.4 is 21.3 Å². The third-order valence-electron chi connectivity index (χ3n) is 8.63. The number of benzene rings is 2. The van der Waals surface area contributed by atoms with E-state index < -0.39 is 47.5 Å². The van der Waals surface area contributed by atoms with Crippen LogP contribution in [0.25, 0.3) is 0 Å². The highest BCUT2D eigenvalue weighted by Gasteiger charge is 2.33. The molecule has 1 aliphatic rings. The van der Waals surface area contributed by atoms with Crippen molar-refractivity contribution in [2.75, 3.05) is 76.2 Å². The van der Waals surface area contributed by atoms with Gasteiger partial charge in [0.1, 0.15) is 12.6 Å². The van der Waals surface area contributed by atoms with Crippen LogP contribution in [-0.4, -0.2) is 139 Å². The number of esters is 1. The average Bonchev–Trinajstić information content (AvgIpc) is 3.17. The molecule has 0 bridgehead atoms. The van der Waals surface area contributed by atoms with Gasteiger partial charge in [-0.1, -0.05) is 23.7 Å². The van der Waals surface area contributed by atoms with Crippen molar-refractivity contribution >= 4 is 64.6 Å². The smallest absolute Gasteiger partial charge is 0.325 e. The number of carbonyl (C=O) groups excluding carboxylic acids is 5. The highest BCUT2D eigenvalue weighted by Crippen LogP contribution is 2.23. The Kier molecular flexibility index (Phi) is 19.4. The Labute approximate surface area is 331 Å². The lowest BCUT2D eigenvalue weighted by molar-refractivity contribution is -0.143. The second-order valence-corrected chi connectivity index (χ2v) is 14.7. The number of anilines is 1. The third kappa shape index (κ3) is 15.8. The molecular formula is C38H53ClN6O9S. The molecule has 17 heteroatoms. The van der Waals surface area contributed by atoms with Crippen LogP contribution in [0.5, 0.6) is 0 Å². The number of carboxylic acid groups (broad SMARTS) is 1. The van der Waals surface area contributed by atoms with E-state index in [2.05, 4.69) is 15.5 Å². The maximum absolute atomic E-state index is 14.2. The fraction of sp³-hybridized carbons (Fsp3) is 0.526. The molecule has 302 valence electrons. The van der Waals surface area contributed by atoms with E-state index in [1.165, 1.54) is 10.5 Å². The normalized spacial score (nSPS) is 14.2. The Hall–Kier alpha value is -4.22. The van der Waals surface area contributed by atoms with Gasteiger partial charge in [0.05, 0.1) is 19.3 Å². The summed E-state index contributed by atoms with van der Waals surface area (Å²) in [6.07, 6.45) is 0.607. The SMILES string of the molecule is CCOC(=O)CNC(=O)C(SCCNC(=O)CC[C@@H](N)C(=O)O)C(=O)N(CCOC(C)C)c1ccc(C(=O)N2CCN(CCc3ccc(Cl)cc3)CC2)cc1. The summed E-state index contributed by atoms with van der Waals surface area (Å²) in [6, 6.07) is 13.3. The number of hydrogen-bond acceptors (Lipinski definition) is 11. The molecule has 1 aliphatic heterocycles. The zero-order chi connectivity index (χ0) is 40.3. The molecule has 15 nitrogen and oxygen atoms in total. The van der Waals surface area contributed by atoms with Gasteiger partial charge < -0.3 is 40.7 Å². The fourth-order valence-corrected chi connectivity index (χ4v) is 6.64. The highest BCUT2D eigenvalue weighted by atomic mass is 35.5. The lowest BCUT2D eigenvalue weighted by Gasteiger charge is -2.35. The summed E-state index contributed by atoms with van der Waals surface area (Å²) in [5, 5.41) is 13.4. The standard InChI is InChI=1S/C38H53ClN6O9S/c1-4-53-33(47)25-42-35(48)34(55-24-16-41-32(46)14-13-31(40)38(51)52)37(50)45(22-23-54-26(2)3)30-11-7-28(8-12-30)36(49)44-20-18-43(19-21-44)17-15-27-5-9-29(39)10-6-27/h5-12,26,31,34H,4,13-25,40H2,1-3H3,(H,41,46)(H,42,48)(H,51,52)/t31-,34?/m1/s1. The van der Waals surface area contributed by atoms with Gasteiger partial charge in [-0.3, -0.25) is 33.7 Å². The van der Waals surface area contributed by atoms with Gasteiger partial charge in [0.2, 0.25) is 17.7 Å². The maximum atomic E-state index is 14.2. The minimum Gasteiger partial charge on any atom is -0.480 e. The van der Waals surface area contributed by atoms with E-state index in [1.807, 2.05) is 43.0 Å². The molecule has 2 atom stereocenters. The summed E-state index contributed by atoms with van der Waals surface area (Å²) in [7, 11) is 0. The van der Waals surface area contributed by atoms with Crippen molar-refractivity contribution in [2.45, 2.75) is 57.4 Å². The van der Waals surface area contributed by atoms with Gasteiger partial charge in [-0.05, 0) is 75.6 Å². The van der Waals surface area contributed by atoms with Crippen molar-refractivity contribution in [3.05, 3.63) is 64.7 Å². The number of nitrogens with two attached hydrogens (primary N) is 1. The van der Waals surface area contributed by atoms with Crippen molar-refractivity contribution in [3.63, 3.8) is 0 Å². The average molecular weight is 805 g/mol. The molecule has 0 aromatic heterocycles. The van der Waals surface area contributed by atoms with Crippen LogP contribution in [0.15, 0.2) is 48.5 Å². The topological polar surface area (TPSA) is 201 Å². The number of hydrogen-bond donors (Lipinski definition) is 4. The van der Waals surface area contributed by atoms with Crippen LogP contribution in [0.1, 0.15) is 49.5 Å². The molecule has 3 rings (SSSR count). The molecule has 1 fully saturated rings. The van der Waals surface area contributed by atoms with E-state index in [-0.39, 0.29) is 56.9 Å². The van der Waals surface area contributed by atoms with Crippen LogP contribution in [0.2, 0.25) is 5.02 Å². The second-order valence-electron chi connectivity index (χ2n) is 13.1. The summed E-state index contributed by atoms with van der Waals surface area (Å²) in [5.74, 6) is -3.60. The number of halogens is 1. The lowest BCUT2D eigenvalue weighted by atomic mass is 10.1. The number of piperazine rings is 1. The Morgan fingerprint density at radius 3 is 2.27 bits per heavy atom. The van der Waals surface area contributed by atoms with E-state index >= 15 is 0 Å². The lowest BCUT2D eigenvalue weighted by Crippen LogP contribution is -2.49. The molecular weight excluding hydrogens is 752 g/mol. The quantitative estimate of drug-likeness (QED) is 0.0770. The number of aliphatic carboxylic acids is 1. The molecule has 1 unspecified atom stereocenters. The van der Waals surface area contributed by atoms with Gasteiger partial charge in [0.25, 0.3) is 5.91 Å². The van der Waals surface area contributed by atoms with Gasteiger partial charge in [0, 0.05) is 74.3 Å². The number of amides is 4. The second kappa shape index (κ2) is 23.6. The summed E-state index contributed by atoms with van der Waals surface area (Å²) in [5.41, 5.74) is 7.58. The summed E-state index contributed by atoms with van der Waals surface area (Å²) in [4.78, 5) is 81.8. The number of nitrogens with zero attached hydrogens (tertiary/aromatic N) is 3. The van der Waals surface area contributed by atoms with Crippen molar-refractivity contribution in [1.29, 1.82) is 0 Å². The van der Waals surface area contributed by atoms with Crippen LogP contribution >= 0.6 is 23.4 Å². The predicted octanol–water partition coefficient (Wildman–Crippen LogP) is 2.19. The van der Waals surface area contributed by atoms with Crippen LogP contribution in [-0.2, 0) is 39.9 Å². The number of ether oxygens (including phenoxy) is 2. The third-order valence-corrected chi connectivity index (χ3v) is 10.1. The first-order chi connectivity index (χ1) is 26.3. The monoisotopic (exact) mass is 804 g/mol. The minimum atomic E-state index is -1.33. The first-order valence-corrected chi connectivity index (χ1v) is 19.8. The Morgan fingerprint density at radius 2 is 1.65 bits per heavy atom. The summed E-state index contributed by atoms with van der Waals surface area (Å²) < 4.78 is 10.7. The molecule has 0 spiro atoms. The van der Waals surface area contributed by atoms with E-state index in [9.17, 15) is 28.8 Å². The fourth-order valence-electron chi connectivity index (χ4n) is 5.56. The van der Waals surface area contributed by atoms with E-state index in [1.54, 1.807) is 31.2 Å². The van der Waals surface area contributed by atoms with Crippen molar-refractivity contribution in [2.24, 2.45) is 5.73 Å². The van der Waals surface area contributed by atoms with Crippen LogP contribution in [0.4, 0.5) is 5.69 Å². The molecule has 1 heterocycles. The van der Waals surface area contributed by atoms with E-state index in [4.69, 9.17) is 31.9 Å². The molecule has 4 amide bonds. The first kappa shape index (κ1) is 45.2. The van der Waals surface area contributed by atoms with E-state index in [0.29, 0.717) is 29.4 Å². The number of rotatable bonds is 22. The molecule has 2 aromatic rings. The Bertz CT molecular complexity index is 1570. The van der Waals surface area contributed by atoms with Crippen molar-refractivity contribution in [1.82, 2.24) is 20.4 Å². The van der Waals surface area contributed by atoms with Crippen molar-refractivity contribution in [3.8, 4) is 0 Å². The molecule has 0 saturated carbocycles. The Morgan fingerprint density at radius 1 is 0.982 bits per heavy atom. The van der Waals surface area contributed by atoms with E-state index in [0.717, 1.165) is 37.8 Å². The number of carboxylic acids is 1. The Balaban J connectivity index is 1.69. The highest BCUT2D eigenvalue weighted by molar-refractivity contribution is 8.01. The zero-order valence-electron chi connectivity index (χ0n) is 31.7. The van der Waals surface area contributed by atoms with Crippen LogP contribution in [0.3, 0.4) is 0 Å². The largest absolute Gasteiger partial charge is 0.480 e. The van der Waals surface area contributed by atoms with Crippen molar-refractivity contribution < 1.29 is 43.3 Å². The molecule has 1 saturated heterocycles. The number of carbonyl (C=O) groups is 6. The number of thioether (sulfide) groups is 1. The summed E-state index contributed by atoms with van der Waals surface area (Å²) in [6.45, 7) is 8.86. The number of nitrogens with one attached hydrogen (secondary N) is 2.